The SMILES string of the molecule is Cc1cc(NC2CCOCC2)c([N+](=O)[O-])cc1C. The number of hydrogen-bond acceptors (Lipinski definition) is 4. The van der Waals surface area contributed by atoms with Crippen LogP contribution in [0.5, 0.6) is 0 Å². The molecule has 18 heavy (non-hydrogen) atoms. The molecular weight excluding hydrogens is 232 g/mol. The van der Waals surface area contributed by atoms with Crippen molar-refractivity contribution < 1.29 is 9.66 Å². The van der Waals surface area contributed by atoms with Gasteiger partial charge in [-0.3, -0.25) is 10.1 Å². The molecule has 1 aromatic carbocycles. The maximum Gasteiger partial charge on any atom is 0.292 e. The number of aryl methyl sites for hydroxylation is 2. The quantitative estimate of drug-likeness (QED) is 0.661. The highest BCUT2D eigenvalue weighted by molar-refractivity contribution is 5.64. The van der Waals surface area contributed by atoms with Crippen LogP contribution in [0.15, 0.2) is 12.1 Å². The summed E-state index contributed by atoms with van der Waals surface area (Å²) in [4.78, 5) is 10.7. The fraction of sp³-hybridized carbons (Fsp3) is 0.538. The standard InChI is InChI=1S/C13H18N2O3/c1-9-7-12(13(15(16)17)8-10(9)2)14-11-3-5-18-6-4-11/h7-8,11,14H,3-6H2,1-2H3. The maximum atomic E-state index is 11.1. The fourth-order valence-corrected chi connectivity index (χ4v) is 2.13. The monoisotopic (exact) mass is 250 g/mol. The Labute approximate surface area is 106 Å². The summed E-state index contributed by atoms with van der Waals surface area (Å²) in [5, 5.41) is 14.3. The first-order valence-corrected chi connectivity index (χ1v) is 6.18. The predicted octanol–water partition coefficient (Wildman–Crippen LogP) is 2.80. The third-order valence-corrected chi connectivity index (χ3v) is 3.39. The fourth-order valence-electron chi connectivity index (χ4n) is 2.13. The van der Waals surface area contributed by atoms with Gasteiger partial charge in [-0.15, -0.1) is 0 Å². The molecule has 1 saturated heterocycles. The van der Waals surface area contributed by atoms with Gasteiger partial charge in [-0.25, -0.2) is 0 Å². The average molecular weight is 250 g/mol. The molecule has 0 unspecified atom stereocenters. The second-order valence-electron chi connectivity index (χ2n) is 4.74. The van der Waals surface area contributed by atoms with E-state index in [9.17, 15) is 10.1 Å². The molecule has 1 aliphatic rings. The minimum absolute atomic E-state index is 0.157. The Bertz CT molecular complexity index is 454. The van der Waals surface area contributed by atoms with Crippen molar-refractivity contribution in [1.82, 2.24) is 0 Å². The molecule has 5 heteroatoms. The lowest BCUT2D eigenvalue weighted by molar-refractivity contribution is -0.384. The molecule has 1 N–H and O–H groups in total. The van der Waals surface area contributed by atoms with Crippen LogP contribution in [0.1, 0.15) is 24.0 Å². The number of anilines is 1. The Kier molecular flexibility index (Phi) is 3.81. The number of nitro benzene ring substituents is 1. The van der Waals surface area contributed by atoms with Crippen molar-refractivity contribution in [3.05, 3.63) is 33.4 Å². The normalized spacial score (nSPS) is 16.6. The number of nitrogens with zero attached hydrogens (tertiary/aromatic N) is 1. The summed E-state index contributed by atoms with van der Waals surface area (Å²) in [5.41, 5.74) is 2.79. The van der Waals surface area contributed by atoms with Gasteiger partial charge in [0.15, 0.2) is 0 Å². The zero-order chi connectivity index (χ0) is 13.1. The van der Waals surface area contributed by atoms with Gasteiger partial charge in [0.25, 0.3) is 5.69 Å². The van der Waals surface area contributed by atoms with Gasteiger partial charge < -0.3 is 10.1 Å². The van der Waals surface area contributed by atoms with E-state index in [1.807, 2.05) is 19.9 Å². The Balaban J connectivity index is 2.24. The molecule has 0 aliphatic carbocycles. The van der Waals surface area contributed by atoms with Crippen molar-refractivity contribution >= 4 is 11.4 Å². The van der Waals surface area contributed by atoms with Crippen molar-refractivity contribution in [2.75, 3.05) is 18.5 Å². The van der Waals surface area contributed by atoms with E-state index >= 15 is 0 Å². The number of rotatable bonds is 3. The molecule has 0 amide bonds. The highest BCUT2D eigenvalue weighted by Crippen LogP contribution is 2.29. The predicted molar refractivity (Wildman–Crippen MR) is 70.0 cm³/mol. The summed E-state index contributed by atoms with van der Waals surface area (Å²) in [5.74, 6) is 0. The molecule has 1 heterocycles. The van der Waals surface area contributed by atoms with E-state index in [0.29, 0.717) is 5.69 Å². The van der Waals surface area contributed by atoms with Crippen LogP contribution < -0.4 is 5.32 Å². The average Bonchev–Trinajstić information content (AvgIpc) is 2.34. The molecule has 0 bridgehead atoms. The van der Waals surface area contributed by atoms with Gasteiger partial charge >= 0.3 is 0 Å². The van der Waals surface area contributed by atoms with Crippen molar-refractivity contribution in [1.29, 1.82) is 0 Å². The first kappa shape index (κ1) is 12.8. The second-order valence-corrected chi connectivity index (χ2v) is 4.74. The van der Waals surface area contributed by atoms with Crippen LogP contribution in [0.25, 0.3) is 0 Å². The van der Waals surface area contributed by atoms with Gasteiger partial charge in [-0.2, -0.15) is 0 Å². The van der Waals surface area contributed by atoms with Crippen LogP contribution in [0.3, 0.4) is 0 Å². The van der Waals surface area contributed by atoms with E-state index < -0.39 is 0 Å². The zero-order valence-corrected chi connectivity index (χ0v) is 10.7. The summed E-state index contributed by atoms with van der Waals surface area (Å²) in [6.45, 7) is 5.29. The largest absolute Gasteiger partial charge is 0.381 e. The molecule has 98 valence electrons. The highest BCUT2D eigenvalue weighted by Gasteiger charge is 2.20. The first-order valence-electron chi connectivity index (χ1n) is 6.18. The smallest absolute Gasteiger partial charge is 0.292 e. The van der Waals surface area contributed by atoms with Crippen LogP contribution in [-0.2, 0) is 4.74 Å². The highest BCUT2D eigenvalue weighted by atomic mass is 16.6. The molecular formula is C13H18N2O3. The lowest BCUT2D eigenvalue weighted by Gasteiger charge is -2.24. The summed E-state index contributed by atoms with van der Waals surface area (Å²) < 4.78 is 5.28. The molecule has 0 saturated carbocycles. The molecule has 2 rings (SSSR count). The molecule has 0 spiro atoms. The minimum atomic E-state index is -0.325. The van der Waals surface area contributed by atoms with Crippen molar-refractivity contribution in [2.45, 2.75) is 32.7 Å². The van der Waals surface area contributed by atoms with Crippen molar-refractivity contribution in [3.8, 4) is 0 Å². The van der Waals surface area contributed by atoms with Gasteiger partial charge in [-0.05, 0) is 43.9 Å². The van der Waals surface area contributed by atoms with E-state index in [0.717, 1.165) is 37.2 Å². The Morgan fingerprint density at radius 1 is 1.28 bits per heavy atom. The number of hydrogen-bond donors (Lipinski definition) is 1. The summed E-state index contributed by atoms with van der Waals surface area (Å²) in [6, 6.07) is 3.76. The van der Waals surface area contributed by atoms with Crippen LogP contribution in [0.2, 0.25) is 0 Å². The maximum absolute atomic E-state index is 11.1. The molecule has 0 aromatic heterocycles. The van der Waals surface area contributed by atoms with Crippen LogP contribution in [0.4, 0.5) is 11.4 Å². The summed E-state index contributed by atoms with van der Waals surface area (Å²) >= 11 is 0. The molecule has 1 aliphatic heterocycles. The lowest BCUT2D eigenvalue weighted by atomic mass is 10.1. The second kappa shape index (κ2) is 5.35. The number of nitro groups is 1. The number of nitrogens with one attached hydrogen (secondary N) is 1. The van der Waals surface area contributed by atoms with Crippen LogP contribution in [0, 0.1) is 24.0 Å². The molecule has 0 atom stereocenters. The molecule has 1 fully saturated rings. The van der Waals surface area contributed by atoms with Crippen molar-refractivity contribution in [3.63, 3.8) is 0 Å². The van der Waals surface area contributed by atoms with Gasteiger partial charge in [0.2, 0.25) is 0 Å². The van der Waals surface area contributed by atoms with E-state index in [1.165, 1.54) is 0 Å². The van der Waals surface area contributed by atoms with E-state index in [2.05, 4.69) is 5.32 Å². The summed E-state index contributed by atoms with van der Waals surface area (Å²) in [6.07, 6.45) is 1.79. The van der Waals surface area contributed by atoms with Gasteiger partial charge in [0.1, 0.15) is 5.69 Å². The van der Waals surface area contributed by atoms with Crippen LogP contribution >= 0.6 is 0 Å². The van der Waals surface area contributed by atoms with Gasteiger partial charge in [0, 0.05) is 25.3 Å². The Morgan fingerprint density at radius 3 is 2.50 bits per heavy atom. The number of ether oxygens (including phenoxy) is 1. The molecule has 5 nitrogen and oxygen atoms in total. The molecule has 0 radical (unpaired) electrons. The van der Waals surface area contributed by atoms with Gasteiger partial charge in [0.05, 0.1) is 4.92 Å². The Hall–Kier alpha value is -1.62. The lowest BCUT2D eigenvalue weighted by Crippen LogP contribution is -2.28. The third kappa shape index (κ3) is 2.79. The zero-order valence-electron chi connectivity index (χ0n) is 10.7. The van der Waals surface area contributed by atoms with E-state index in [1.54, 1.807) is 6.07 Å². The number of benzene rings is 1. The topological polar surface area (TPSA) is 64.4 Å². The van der Waals surface area contributed by atoms with Gasteiger partial charge in [-0.1, -0.05) is 0 Å². The molecule has 1 aromatic rings. The first-order chi connectivity index (χ1) is 8.58. The third-order valence-electron chi connectivity index (χ3n) is 3.39. The minimum Gasteiger partial charge on any atom is -0.381 e. The summed E-state index contributed by atoms with van der Waals surface area (Å²) in [7, 11) is 0. The van der Waals surface area contributed by atoms with E-state index in [-0.39, 0.29) is 16.7 Å². The van der Waals surface area contributed by atoms with Crippen LogP contribution in [-0.4, -0.2) is 24.2 Å². The van der Waals surface area contributed by atoms with Crippen molar-refractivity contribution in [2.24, 2.45) is 0 Å². The Morgan fingerprint density at radius 2 is 1.89 bits per heavy atom. The van der Waals surface area contributed by atoms with E-state index in [4.69, 9.17) is 4.74 Å².